The summed E-state index contributed by atoms with van der Waals surface area (Å²) in [4.78, 5) is 15.1. The molecule has 0 amide bonds. The van der Waals surface area contributed by atoms with Crippen LogP contribution in [0.5, 0.6) is 5.75 Å². The largest absolute Gasteiger partial charge is 0.491 e. The molecule has 4 heterocycles. The summed E-state index contributed by atoms with van der Waals surface area (Å²) >= 11 is 0. The lowest BCUT2D eigenvalue weighted by atomic mass is 10.1. The molecule has 1 aliphatic rings. The van der Waals surface area contributed by atoms with Gasteiger partial charge in [-0.2, -0.15) is 10.2 Å². The van der Waals surface area contributed by atoms with Crippen LogP contribution < -0.4 is 4.74 Å². The molecule has 188 valence electrons. The highest BCUT2D eigenvalue weighted by Gasteiger charge is 2.40. The van der Waals surface area contributed by atoms with Crippen LogP contribution >= 0.6 is 0 Å². The molecule has 1 saturated heterocycles. The fraction of sp³-hybridized carbons (Fsp3) is 0.400. The molecule has 1 fully saturated rings. The van der Waals surface area contributed by atoms with E-state index in [2.05, 4.69) is 25.2 Å². The van der Waals surface area contributed by atoms with Crippen LogP contribution in [0.3, 0.4) is 0 Å². The smallest absolute Gasteiger partial charge is 0.166 e. The van der Waals surface area contributed by atoms with Crippen molar-refractivity contribution in [3.05, 3.63) is 49.1 Å². The fourth-order valence-electron chi connectivity index (χ4n) is 4.21. The van der Waals surface area contributed by atoms with Gasteiger partial charge in [-0.15, -0.1) is 0 Å². The van der Waals surface area contributed by atoms with Gasteiger partial charge in [0.25, 0.3) is 0 Å². The molecule has 11 nitrogen and oxygen atoms in total. The van der Waals surface area contributed by atoms with Gasteiger partial charge in [0.2, 0.25) is 0 Å². The normalized spacial score (nSPS) is 20.5. The Labute approximate surface area is 208 Å². The zero-order valence-corrected chi connectivity index (χ0v) is 20.6. The second-order valence-corrected chi connectivity index (χ2v) is 9.40. The van der Waals surface area contributed by atoms with Gasteiger partial charge in [-0.3, -0.25) is 0 Å². The van der Waals surface area contributed by atoms with Crippen molar-refractivity contribution in [1.29, 1.82) is 0 Å². The number of hydrogen-bond acceptors (Lipinski definition) is 9. The van der Waals surface area contributed by atoms with Crippen molar-refractivity contribution in [1.82, 2.24) is 29.6 Å². The minimum atomic E-state index is -1.32. The third-order valence-corrected chi connectivity index (χ3v) is 5.73. The third kappa shape index (κ3) is 5.27. The Bertz CT molecular complexity index is 1380. The van der Waals surface area contributed by atoms with Gasteiger partial charge in [0, 0.05) is 38.2 Å². The molecule has 36 heavy (non-hydrogen) atoms. The van der Waals surface area contributed by atoms with Crippen molar-refractivity contribution in [3.8, 4) is 5.75 Å². The van der Waals surface area contributed by atoms with Gasteiger partial charge in [0.1, 0.15) is 36.7 Å². The molecule has 1 aliphatic heterocycles. The van der Waals surface area contributed by atoms with Crippen molar-refractivity contribution in [2.45, 2.75) is 44.5 Å². The molecule has 1 aromatic carbocycles. The maximum Gasteiger partial charge on any atom is 0.166 e. The van der Waals surface area contributed by atoms with Crippen molar-refractivity contribution < 1.29 is 19.3 Å². The summed E-state index contributed by atoms with van der Waals surface area (Å²) in [6, 6.07) is 9.48. The van der Waals surface area contributed by atoms with E-state index >= 15 is 0 Å². The van der Waals surface area contributed by atoms with E-state index in [0.717, 1.165) is 16.3 Å². The summed E-state index contributed by atoms with van der Waals surface area (Å²) in [7, 11) is 3.80. The van der Waals surface area contributed by atoms with Crippen LogP contribution in [0.15, 0.2) is 54.0 Å². The zero-order chi connectivity index (χ0) is 25.3. The van der Waals surface area contributed by atoms with Crippen LogP contribution in [0.2, 0.25) is 0 Å². The number of aliphatic hydroxyl groups is 1. The number of nitrogens with zero attached hydrogens (tertiary/aromatic N) is 7. The minimum absolute atomic E-state index is 0.232. The topological polar surface area (TPSA) is 120 Å². The van der Waals surface area contributed by atoms with Gasteiger partial charge in [-0.05, 0) is 38.1 Å². The van der Waals surface area contributed by atoms with E-state index in [1.165, 1.54) is 6.33 Å². The van der Waals surface area contributed by atoms with Crippen LogP contribution in [-0.4, -0.2) is 79.8 Å². The van der Waals surface area contributed by atoms with E-state index in [9.17, 15) is 5.11 Å². The van der Waals surface area contributed by atoms with E-state index in [4.69, 9.17) is 14.2 Å². The molecular formula is C25H29N7O4. The summed E-state index contributed by atoms with van der Waals surface area (Å²) in [5.41, 5.74) is 1.45. The Hall–Kier alpha value is -3.67. The molecule has 0 spiro atoms. The second kappa shape index (κ2) is 9.76. The maximum atomic E-state index is 10.3. The first-order valence-corrected chi connectivity index (χ1v) is 11.7. The van der Waals surface area contributed by atoms with Crippen LogP contribution in [0.1, 0.15) is 26.5 Å². The predicted molar refractivity (Wildman–Crippen MR) is 134 cm³/mol. The van der Waals surface area contributed by atoms with E-state index in [-0.39, 0.29) is 12.8 Å². The molecule has 0 bridgehead atoms. The molecule has 3 aromatic heterocycles. The quantitative estimate of drug-likeness (QED) is 0.225. The summed E-state index contributed by atoms with van der Waals surface area (Å²) in [5, 5.41) is 20.2. The Morgan fingerprint density at radius 3 is 2.92 bits per heavy atom. The molecule has 4 aromatic rings. The van der Waals surface area contributed by atoms with E-state index in [0.29, 0.717) is 23.6 Å². The SMILES string of the molecule is CN(C)/C=N/c1ncnc2c1ccn2[C@H]1C[C@H](OC(C)(C)O)[C@@H](COc2ccc3ccnnc3c2)O1. The van der Waals surface area contributed by atoms with Crippen molar-refractivity contribution in [3.63, 3.8) is 0 Å². The van der Waals surface area contributed by atoms with Crippen LogP contribution in [-0.2, 0) is 9.47 Å². The van der Waals surface area contributed by atoms with Crippen molar-refractivity contribution >= 4 is 34.1 Å². The van der Waals surface area contributed by atoms with Gasteiger partial charge in [-0.1, -0.05) is 0 Å². The molecule has 11 heteroatoms. The first-order chi connectivity index (χ1) is 17.3. The number of hydrogen-bond donors (Lipinski definition) is 1. The average molecular weight is 492 g/mol. The van der Waals surface area contributed by atoms with Gasteiger partial charge < -0.3 is 28.8 Å². The first-order valence-electron chi connectivity index (χ1n) is 11.7. The zero-order valence-electron chi connectivity index (χ0n) is 20.6. The highest BCUT2D eigenvalue weighted by atomic mass is 16.7. The van der Waals surface area contributed by atoms with Crippen LogP contribution in [0, 0.1) is 0 Å². The predicted octanol–water partition coefficient (Wildman–Crippen LogP) is 3.08. The van der Waals surface area contributed by atoms with Crippen molar-refractivity contribution in [2.75, 3.05) is 20.7 Å². The lowest BCUT2D eigenvalue weighted by molar-refractivity contribution is -0.216. The molecule has 1 N–H and O–H groups in total. The van der Waals surface area contributed by atoms with Gasteiger partial charge in [0.15, 0.2) is 11.6 Å². The Balaban J connectivity index is 1.37. The van der Waals surface area contributed by atoms with Gasteiger partial charge in [-0.25, -0.2) is 15.0 Å². The number of aromatic nitrogens is 5. The standard InChI is InChI=1S/C25H29N7O4/c1-25(2,33)36-20-12-22(32-10-8-18-23(28-15-31(3)4)26-14-27-24(18)32)35-21(20)13-34-17-6-5-16-7-9-29-30-19(16)11-17/h5-11,14-15,20-22,33H,12-13H2,1-4H3/b28-15+/t20-,21+,22+/m0/s1. The molecule has 0 unspecified atom stereocenters. The van der Waals surface area contributed by atoms with Crippen LogP contribution in [0.4, 0.5) is 5.82 Å². The van der Waals surface area contributed by atoms with Gasteiger partial charge in [0.05, 0.1) is 29.5 Å². The summed E-state index contributed by atoms with van der Waals surface area (Å²) in [5.74, 6) is -0.0945. The van der Waals surface area contributed by atoms with Crippen LogP contribution in [0.25, 0.3) is 21.9 Å². The Morgan fingerprint density at radius 2 is 2.11 bits per heavy atom. The number of fused-ring (bicyclic) bond motifs is 2. The minimum Gasteiger partial charge on any atom is -0.491 e. The van der Waals surface area contributed by atoms with E-state index in [1.54, 1.807) is 26.4 Å². The summed E-state index contributed by atoms with van der Waals surface area (Å²) in [6.45, 7) is 3.44. The van der Waals surface area contributed by atoms with E-state index < -0.39 is 18.0 Å². The number of aliphatic imine (C=N–C) groups is 1. The highest BCUT2D eigenvalue weighted by Crippen LogP contribution is 2.36. The second-order valence-electron chi connectivity index (χ2n) is 9.40. The molecular weight excluding hydrogens is 462 g/mol. The van der Waals surface area contributed by atoms with Gasteiger partial charge >= 0.3 is 0 Å². The number of rotatable bonds is 8. The molecule has 0 saturated carbocycles. The average Bonchev–Trinajstić information content (AvgIpc) is 3.44. The Morgan fingerprint density at radius 1 is 1.25 bits per heavy atom. The number of benzene rings is 1. The summed E-state index contributed by atoms with van der Waals surface area (Å²) < 4.78 is 20.3. The fourth-order valence-corrected chi connectivity index (χ4v) is 4.21. The molecule has 5 rings (SSSR count). The highest BCUT2D eigenvalue weighted by molar-refractivity contribution is 5.87. The Kier molecular flexibility index (Phi) is 6.52. The lowest BCUT2D eigenvalue weighted by Gasteiger charge is -2.26. The molecule has 0 radical (unpaired) electrons. The first kappa shape index (κ1) is 24.0. The third-order valence-electron chi connectivity index (χ3n) is 5.73. The summed E-state index contributed by atoms with van der Waals surface area (Å²) in [6.07, 6.45) is 6.06. The maximum absolute atomic E-state index is 10.3. The van der Waals surface area contributed by atoms with E-state index in [1.807, 2.05) is 60.1 Å². The van der Waals surface area contributed by atoms with Crippen molar-refractivity contribution in [2.24, 2.45) is 4.99 Å². The molecule has 0 aliphatic carbocycles. The number of ether oxygens (including phenoxy) is 3. The lowest BCUT2D eigenvalue weighted by Crippen LogP contribution is -2.37. The monoisotopic (exact) mass is 491 g/mol. The molecule has 3 atom stereocenters.